The molecule has 11 rings (SSSR count). The quantitative estimate of drug-likeness (QED) is 0.104. The van der Waals surface area contributed by atoms with Crippen molar-refractivity contribution in [3.8, 4) is 56.7 Å². The van der Waals surface area contributed by atoms with Gasteiger partial charge in [-0.3, -0.25) is 9.36 Å². The molecule has 0 aliphatic carbocycles. The zero-order valence-corrected chi connectivity index (χ0v) is 43.3. The molecule has 0 fully saturated rings. The maximum absolute atomic E-state index is 9.80. The monoisotopic (exact) mass is 1040 g/mol. The molecule has 0 radical (unpaired) electrons. The maximum Gasteiger partial charge on any atom is 0.230 e. The summed E-state index contributed by atoms with van der Waals surface area (Å²) >= 11 is 4.26. The fourth-order valence-corrected chi connectivity index (χ4v) is 9.46. The minimum absolute atomic E-state index is 0.377. The van der Waals surface area contributed by atoms with Crippen LogP contribution < -0.4 is 17.2 Å². The number of para-hydroxylation sites is 1. The number of rotatable bonds is 11. The Morgan fingerprint density at radius 3 is 1.52 bits per heavy atom. The van der Waals surface area contributed by atoms with E-state index in [1.807, 2.05) is 182 Å². The molecule has 6 heterocycles. The van der Waals surface area contributed by atoms with E-state index in [0.717, 1.165) is 50.6 Å². The lowest BCUT2D eigenvalue weighted by Gasteiger charge is -2.02. The molecule has 18 nitrogen and oxygen atoms in total. The van der Waals surface area contributed by atoms with E-state index in [1.165, 1.54) is 34.0 Å². The summed E-state index contributed by atoms with van der Waals surface area (Å²) < 4.78 is 4.84. The molecule has 0 saturated heterocycles. The first-order valence-corrected chi connectivity index (χ1v) is 25.6. The van der Waals surface area contributed by atoms with E-state index in [2.05, 4.69) is 56.9 Å². The van der Waals surface area contributed by atoms with Crippen molar-refractivity contribution in [3.63, 3.8) is 0 Å². The lowest BCUT2D eigenvalue weighted by Crippen LogP contribution is -2.01. The molecule has 0 atom stereocenters. The molecule has 0 aliphatic heterocycles. The molecule has 11 aromatic rings. The van der Waals surface area contributed by atoms with Gasteiger partial charge in [0.1, 0.15) is 29.1 Å². The van der Waals surface area contributed by atoms with Crippen molar-refractivity contribution >= 4 is 83.8 Å². The summed E-state index contributed by atoms with van der Waals surface area (Å²) in [7, 11) is 3.56. The van der Waals surface area contributed by atoms with E-state index < -0.39 is 0 Å². The molecular weight excluding hydrogens is 997 g/mol. The number of nitriles is 1. The van der Waals surface area contributed by atoms with Crippen molar-refractivity contribution in [3.05, 3.63) is 185 Å². The first-order chi connectivity index (χ1) is 36.6. The molecule has 5 aromatic carbocycles. The molecule has 75 heavy (non-hydrogen) atoms. The summed E-state index contributed by atoms with van der Waals surface area (Å²) in [4.78, 5) is 8.71. The number of anilines is 3. The van der Waals surface area contributed by atoms with E-state index in [1.54, 1.807) is 28.1 Å². The van der Waals surface area contributed by atoms with Crippen molar-refractivity contribution in [2.75, 3.05) is 17.2 Å². The van der Waals surface area contributed by atoms with Gasteiger partial charge in [0.15, 0.2) is 27.9 Å². The van der Waals surface area contributed by atoms with Crippen molar-refractivity contribution < 1.29 is 0 Å². The lowest BCUT2D eigenvalue weighted by atomic mass is 10.1. The fraction of sp³-hybridized carbons (Fsp3) is 0.0741. The van der Waals surface area contributed by atoms with Gasteiger partial charge in [-0.1, -0.05) is 140 Å². The van der Waals surface area contributed by atoms with Gasteiger partial charge in [0.05, 0.1) is 28.3 Å². The Morgan fingerprint density at radius 2 is 0.960 bits per heavy atom. The van der Waals surface area contributed by atoms with Crippen molar-refractivity contribution in [1.29, 1.82) is 5.26 Å². The van der Waals surface area contributed by atoms with Crippen LogP contribution in [0.2, 0.25) is 0 Å². The molecule has 0 bridgehead atoms. The lowest BCUT2D eigenvalue weighted by molar-refractivity contribution is 0.767. The Morgan fingerprint density at radius 1 is 0.480 bits per heavy atom. The standard InChI is InChI=1S/C26H18N6S.2C14H14N6S/c27-16-21-22(18-10-4-1-5-11-18)17-33-26(21)30-29-24-23(19-12-6-2-7-13-19)31-32(25(24)28)20-14-8-3-9-15-20;1-9-12(13(15)20(2)19-9)17-18-14-16-11(8-21-14)10-6-4-3-5-7-10;1-9-8-21-14(16-9)18-17-12-11(19-20(2)13(12)15)10-6-4-3-5-7-10/h1-15,17H,28H2;2*3-8H,15H2,1-2H3. The Bertz CT molecular complexity index is 3810. The highest BCUT2D eigenvalue weighted by atomic mass is 32.1. The number of aromatic nitrogens is 8. The molecule has 0 spiro atoms. The van der Waals surface area contributed by atoms with E-state index in [4.69, 9.17) is 22.3 Å². The summed E-state index contributed by atoms with van der Waals surface area (Å²) in [6.45, 7) is 3.77. The van der Waals surface area contributed by atoms with Crippen LogP contribution in [0.3, 0.4) is 0 Å². The zero-order chi connectivity index (χ0) is 52.3. The maximum atomic E-state index is 9.80. The molecule has 6 N–H and O–H groups in total. The summed E-state index contributed by atoms with van der Waals surface area (Å²) in [5.74, 6) is 1.35. The third kappa shape index (κ3) is 11.7. The smallest absolute Gasteiger partial charge is 0.230 e. The van der Waals surface area contributed by atoms with E-state index in [9.17, 15) is 5.26 Å². The Balaban J connectivity index is 0.000000144. The number of thiazole rings is 2. The molecule has 21 heteroatoms. The summed E-state index contributed by atoms with van der Waals surface area (Å²) in [5, 5.41) is 56.4. The number of benzene rings is 5. The average molecular weight is 1040 g/mol. The van der Waals surface area contributed by atoms with Gasteiger partial charge in [-0.2, -0.15) is 20.6 Å². The van der Waals surface area contributed by atoms with Gasteiger partial charge in [-0.05, 0) is 31.5 Å². The van der Waals surface area contributed by atoms with Gasteiger partial charge >= 0.3 is 0 Å². The second-order valence-corrected chi connectivity index (χ2v) is 18.8. The van der Waals surface area contributed by atoms with Crippen LogP contribution in [-0.4, -0.2) is 39.3 Å². The van der Waals surface area contributed by atoms with Gasteiger partial charge in [0, 0.05) is 52.5 Å². The number of hydrogen-bond donors (Lipinski definition) is 3. The van der Waals surface area contributed by atoms with Crippen LogP contribution >= 0.6 is 34.0 Å². The van der Waals surface area contributed by atoms with Crippen molar-refractivity contribution in [2.24, 2.45) is 44.8 Å². The van der Waals surface area contributed by atoms with Crippen LogP contribution in [0.15, 0.2) is 198 Å². The molecular formula is C54H46N18S3. The molecule has 370 valence electrons. The molecule has 0 saturated carbocycles. The number of aryl methyl sites for hydroxylation is 4. The largest absolute Gasteiger partial charge is 0.382 e. The predicted molar refractivity (Wildman–Crippen MR) is 300 cm³/mol. The zero-order valence-electron chi connectivity index (χ0n) is 40.8. The number of hydrogen-bond acceptors (Lipinski definition) is 18. The van der Waals surface area contributed by atoms with Gasteiger partial charge in [-0.25, -0.2) is 14.6 Å². The number of nitrogens with zero attached hydrogens (tertiary/aromatic N) is 15. The minimum atomic E-state index is 0.377. The summed E-state index contributed by atoms with van der Waals surface area (Å²) in [6, 6.07) is 51.2. The topological polar surface area (TPSA) is 255 Å². The van der Waals surface area contributed by atoms with Crippen LogP contribution in [0.4, 0.5) is 49.8 Å². The second-order valence-electron chi connectivity index (χ2n) is 16.3. The first-order valence-electron chi connectivity index (χ1n) is 23.0. The Labute approximate surface area is 443 Å². The summed E-state index contributed by atoms with van der Waals surface area (Å²) in [5.41, 5.74) is 30.0. The van der Waals surface area contributed by atoms with Crippen LogP contribution in [0, 0.1) is 25.2 Å². The van der Waals surface area contributed by atoms with Crippen molar-refractivity contribution in [2.45, 2.75) is 13.8 Å². The molecule has 0 unspecified atom stereocenters. The molecule has 0 amide bonds. The van der Waals surface area contributed by atoms with Crippen LogP contribution in [-0.2, 0) is 14.1 Å². The Kier molecular flexibility index (Phi) is 15.6. The number of thiophene rings is 1. The Hall–Kier alpha value is -9.62. The number of azo groups is 3. The van der Waals surface area contributed by atoms with Crippen LogP contribution in [0.5, 0.6) is 0 Å². The van der Waals surface area contributed by atoms with Gasteiger partial charge in [-0.15, -0.1) is 64.7 Å². The fourth-order valence-electron chi connectivity index (χ4n) is 7.36. The van der Waals surface area contributed by atoms with E-state index in [0.29, 0.717) is 66.7 Å². The van der Waals surface area contributed by atoms with E-state index in [-0.39, 0.29) is 0 Å². The number of nitrogen functional groups attached to an aromatic ring is 3. The van der Waals surface area contributed by atoms with E-state index >= 15 is 0 Å². The van der Waals surface area contributed by atoms with Gasteiger partial charge < -0.3 is 17.2 Å². The highest BCUT2D eigenvalue weighted by Gasteiger charge is 2.20. The highest BCUT2D eigenvalue weighted by molar-refractivity contribution is 7.14. The second kappa shape index (κ2) is 23.3. The third-order valence-electron chi connectivity index (χ3n) is 11.1. The molecule has 6 aromatic heterocycles. The highest BCUT2D eigenvalue weighted by Crippen LogP contribution is 2.42. The average Bonchev–Trinajstić information content (AvgIpc) is 4.33. The predicted octanol–water partition coefficient (Wildman–Crippen LogP) is 14.8. The third-order valence-corrected chi connectivity index (χ3v) is 13.6. The van der Waals surface area contributed by atoms with Crippen LogP contribution in [0.25, 0.3) is 50.6 Å². The molecule has 0 aliphatic rings. The number of nitrogens with two attached hydrogens (primary N) is 3. The summed E-state index contributed by atoms with van der Waals surface area (Å²) in [6.07, 6.45) is 0. The van der Waals surface area contributed by atoms with Gasteiger partial charge in [0.25, 0.3) is 0 Å². The van der Waals surface area contributed by atoms with Crippen LogP contribution in [0.1, 0.15) is 17.0 Å². The SMILES string of the molecule is Cc1csc(N=Nc2c(-c3ccccc3)nn(C)c2N)n1.Cc1nn(C)c(N)c1N=Nc1nc(-c2ccccc2)cs1.N#Cc1c(-c2ccccc2)csc1N=Nc1c(-c2ccccc2)nn(-c2ccccc2)c1N. The first kappa shape index (κ1) is 50.3. The van der Waals surface area contributed by atoms with Gasteiger partial charge in [0.2, 0.25) is 10.3 Å². The van der Waals surface area contributed by atoms with Crippen molar-refractivity contribution in [1.82, 2.24) is 39.3 Å². The normalized spacial score (nSPS) is 11.2. The minimum Gasteiger partial charge on any atom is -0.382 e.